The van der Waals surface area contributed by atoms with E-state index in [2.05, 4.69) is 0 Å². The Bertz CT molecular complexity index is 526. The standard InChI is InChI=1S/C14H13NO3/c16-15(17)13-6-4-5-12(11-13)9-10-18-14-7-2-1-3-8-14/h1-8,11H,9-10H2. The van der Waals surface area contributed by atoms with Gasteiger partial charge in [0.2, 0.25) is 0 Å². The monoisotopic (exact) mass is 243 g/mol. The molecule has 4 nitrogen and oxygen atoms in total. The minimum Gasteiger partial charge on any atom is -0.493 e. The van der Waals surface area contributed by atoms with E-state index >= 15 is 0 Å². The Morgan fingerprint density at radius 1 is 1.06 bits per heavy atom. The van der Waals surface area contributed by atoms with Crippen LogP contribution < -0.4 is 4.74 Å². The molecule has 0 bridgehead atoms. The third kappa shape index (κ3) is 3.31. The fourth-order valence-electron chi connectivity index (χ4n) is 1.63. The number of non-ortho nitro benzene ring substituents is 1. The van der Waals surface area contributed by atoms with Crippen LogP contribution >= 0.6 is 0 Å². The summed E-state index contributed by atoms with van der Waals surface area (Å²) < 4.78 is 5.54. The van der Waals surface area contributed by atoms with Gasteiger partial charge >= 0.3 is 0 Å². The maximum atomic E-state index is 10.6. The molecule has 0 aliphatic carbocycles. The van der Waals surface area contributed by atoms with Crippen molar-refractivity contribution < 1.29 is 9.66 Å². The summed E-state index contributed by atoms with van der Waals surface area (Å²) in [6.07, 6.45) is 0.649. The predicted molar refractivity (Wildman–Crippen MR) is 68.7 cm³/mol. The molecule has 0 saturated heterocycles. The van der Waals surface area contributed by atoms with Gasteiger partial charge in [-0.05, 0) is 17.7 Å². The first-order valence-corrected chi connectivity index (χ1v) is 5.67. The minimum atomic E-state index is -0.387. The topological polar surface area (TPSA) is 52.4 Å². The highest BCUT2D eigenvalue weighted by molar-refractivity contribution is 5.34. The second kappa shape index (κ2) is 5.82. The number of rotatable bonds is 5. The van der Waals surface area contributed by atoms with Gasteiger partial charge in [-0.15, -0.1) is 0 Å². The molecular formula is C14H13NO3. The summed E-state index contributed by atoms with van der Waals surface area (Å²) in [5, 5.41) is 10.6. The van der Waals surface area contributed by atoms with Crippen LogP contribution in [0.25, 0.3) is 0 Å². The van der Waals surface area contributed by atoms with Gasteiger partial charge in [-0.25, -0.2) is 0 Å². The van der Waals surface area contributed by atoms with E-state index in [4.69, 9.17) is 4.74 Å². The van der Waals surface area contributed by atoms with Crippen LogP contribution in [0.15, 0.2) is 54.6 Å². The van der Waals surface area contributed by atoms with E-state index in [1.165, 1.54) is 6.07 Å². The van der Waals surface area contributed by atoms with Crippen LogP contribution in [0.4, 0.5) is 5.69 Å². The van der Waals surface area contributed by atoms with Crippen molar-refractivity contribution in [3.05, 3.63) is 70.3 Å². The zero-order valence-corrected chi connectivity index (χ0v) is 9.78. The number of hydrogen-bond donors (Lipinski definition) is 0. The van der Waals surface area contributed by atoms with Crippen LogP contribution in [-0.2, 0) is 6.42 Å². The first-order valence-electron chi connectivity index (χ1n) is 5.67. The summed E-state index contributed by atoms with van der Waals surface area (Å²) in [6, 6.07) is 16.1. The minimum absolute atomic E-state index is 0.118. The second-order valence-electron chi connectivity index (χ2n) is 3.84. The van der Waals surface area contributed by atoms with Crippen molar-refractivity contribution in [1.29, 1.82) is 0 Å². The lowest BCUT2D eigenvalue weighted by atomic mass is 10.1. The summed E-state index contributed by atoms with van der Waals surface area (Å²) in [5.41, 5.74) is 1.02. The van der Waals surface area contributed by atoms with Crippen LogP contribution in [-0.4, -0.2) is 11.5 Å². The van der Waals surface area contributed by atoms with Crippen LogP contribution in [0.2, 0.25) is 0 Å². The van der Waals surface area contributed by atoms with E-state index in [1.807, 2.05) is 36.4 Å². The molecule has 2 aromatic carbocycles. The largest absolute Gasteiger partial charge is 0.493 e. The van der Waals surface area contributed by atoms with Gasteiger partial charge in [0.15, 0.2) is 0 Å². The summed E-state index contributed by atoms with van der Waals surface area (Å²) in [4.78, 5) is 10.2. The average molecular weight is 243 g/mol. The van der Waals surface area contributed by atoms with Gasteiger partial charge in [0.25, 0.3) is 5.69 Å². The van der Waals surface area contributed by atoms with Crippen LogP contribution in [0.1, 0.15) is 5.56 Å². The third-order valence-electron chi connectivity index (χ3n) is 2.52. The van der Waals surface area contributed by atoms with Gasteiger partial charge in [0, 0.05) is 18.6 Å². The predicted octanol–water partition coefficient (Wildman–Crippen LogP) is 3.22. The molecule has 0 spiro atoms. The number of benzene rings is 2. The number of nitro groups is 1. The molecule has 2 rings (SSSR count). The van der Waals surface area contributed by atoms with E-state index in [-0.39, 0.29) is 10.6 Å². The molecule has 0 fully saturated rings. The maximum Gasteiger partial charge on any atom is 0.269 e. The van der Waals surface area contributed by atoms with Gasteiger partial charge in [-0.2, -0.15) is 0 Å². The molecule has 0 atom stereocenters. The Kier molecular flexibility index (Phi) is 3.91. The molecule has 92 valence electrons. The Hall–Kier alpha value is -2.36. The summed E-state index contributed by atoms with van der Waals surface area (Å²) in [6.45, 7) is 0.505. The highest BCUT2D eigenvalue weighted by atomic mass is 16.6. The van der Waals surface area contributed by atoms with Gasteiger partial charge < -0.3 is 4.74 Å². The SMILES string of the molecule is O=[N+]([O-])c1cccc(CCOc2ccccc2)c1. The molecule has 0 aliphatic rings. The van der Waals surface area contributed by atoms with Crippen LogP contribution in [0.3, 0.4) is 0 Å². The van der Waals surface area contributed by atoms with E-state index in [0.717, 1.165) is 11.3 Å². The first kappa shape index (κ1) is 12.1. The number of hydrogen-bond acceptors (Lipinski definition) is 3. The Balaban J connectivity index is 1.90. The molecule has 0 radical (unpaired) electrons. The molecular weight excluding hydrogens is 230 g/mol. The number of ether oxygens (including phenoxy) is 1. The van der Waals surface area contributed by atoms with Gasteiger partial charge in [-0.1, -0.05) is 30.3 Å². The van der Waals surface area contributed by atoms with E-state index in [1.54, 1.807) is 12.1 Å². The van der Waals surface area contributed by atoms with Crippen LogP contribution in [0, 0.1) is 10.1 Å². The Labute approximate surface area is 105 Å². The molecule has 0 amide bonds. The first-order chi connectivity index (χ1) is 8.75. The Morgan fingerprint density at radius 3 is 2.56 bits per heavy atom. The van der Waals surface area contributed by atoms with E-state index < -0.39 is 0 Å². The Morgan fingerprint density at radius 2 is 1.83 bits per heavy atom. The summed E-state index contributed by atoms with van der Waals surface area (Å²) >= 11 is 0. The molecule has 0 aliphatic heterocycles. The second-order valence-corrected chi connectivity index (χ2v) is 3.84. The van der Waals surface area contributed by atoms with E-state index in [0.29, 0.717) is 13.0 Å². The summed E-state index contributed by atoms with van der Waals surface area (Å²) in [5.74, 6) is 0.808. The van der Waals surface area contributed by atoms with Crippen molar-refractivity contribution >= 4 is 5.69 Å². The number of nitrogens with zero attached hydrogens (tertiary/aromatic N) is 1. The third-order valence-corrected chi connectivity index (χ3v) is 2.52. The van der Waals surface area contributed by atoms with Crippen molar-refractivity contribution in [1.82, 2.24) is 0 Å². The molecule has 2 aromatic rings. The molecule has 0 N–H and O–H groups in total. The van der Waals surface area contributed by atoms with Crippen molar-refractivity contribution in [2.24, 2.45) is 0 Å². The fourth-order valence-corrected chi connectivity index (χ4v) is 1.63. The lowest BCUT2D eigenvalue weighted by Crippen LogP contribution is -2.01. The van der Waals surface area contributed by atoms with Gasteiger partial charge in [0.05, 0.1) is 11.5 Å². The lowest BCUT2D eigenvalue weighted by Gasteiger charge is -2.05. The zero-order valence-electron chi connectivity index (χ0n) is 9.78. The van der Waals surface area contributed by atoms with Gasteiger partial charge in [0.1, 0.15) is 5.75 Å². The highest BCUT2D eigenvalue weighted by Gasteiger charge is 2.05. The van der Waals surface area contributed by atoms with E-state index in [9.17, 15) is 10.1 Å². The van der Waals surface area contributed by atoms with Crippen molar-refractivity contribution in [3.63, 3.8) is 0 Å². The van der Waals surface area contributed by atoms with Crippen molar-refractivity contribution in [3.8, 4) is 5.75 Å². The zero-order chi connectivity index (χ0) is 12.8. The van der Waals surface area contributed by atoms with Gasteiger partial charge in [-0.3, -0.25) is 10.1 Å². The number of para-hydroxylation sites is 1. The normalized spacial score (nSPS) is 10.0. The maximum absolute atomic E-state index is 10.6. The fraction of sp³-hybridized carbons (Fsp3) is 0.143. The lowest BCUT2D eigenvalue weighted by molar-refractivity contribution is -0.384. The molecule has 0 unspecified atom stereocenters. The molecule has 0 saturated carbocycles. The quantitative estimate of drug-likeness (QED) is 0.598. The highest BCUT2D eigenvalue weighted by Crippen LogP contribution is 2.14. The molecule has 0 heterocycles. The van der Waals surface area contributed by atoms with Crippen molar-refractivity contribution in [2.75, 3.05) is 6.61 Å². The summed E-state index contributed by atoms with van der Waals surface area (Å²) in [7, 11) is 0. The average Bonchev–Trinajstić information content (AvgIpc) is 2.40. The molecule has 18 heavy (non-hydrogen) atoms. The van der Waals surface area contributed by atoms with Crippen LogP contribution in [0.5, 0.6) is 5.75 Å². The molecule has 0 aromatic heterocycles. The van der Waals surface area contributed by atoms with Crippen molar-refractivity contribution in [2.45, 2.75) is 6.42 Å². The smallest absolute Gasteiger partial charge is 0.269 e. The number of nitro benzene ring substituents is 1. The molecule has 4 heteroatoms.